The summed E-state index contributed by atoms with van der Waals surface area (Å²) in [6, 6.07) is -0.146. The number of rotatable bonds is 1. The molecule has 0 bridgehead atoms. The van der Waals surface area contributed by atoms with E-state index in [0.717, 1.165) is 5.82 Å². The largest absolute Gasteiger partial charge is 0.348 e. The van der Waals surface area contributed by atoms with Crippen LogP contribution in [0.5, 0.6) is 0 Å². The lowest BCUT2D eigenvalue weighted by Gasteiger charge is -2.36. The van der Waals surface area contributed by atoms with Crippen LogP contribution in [0.25, 0.3) is 0 Å². The topological polar surface area (TPSA) is 76.3 Å². The van der Waals surface area contributed by atoms with Gasteiger partial charge in [0.25, 0.3) is 0 Å². The Morgan fingerprint density at radius 1 is 1.36 bits per heavy atom. The number of nitrogens with one attached hydrogen (secondary N) is 3. The molecule has 14 heavy (non-hydrogen) atoms. The first-order chi connectivity index (χ1) is 6.68. The highest BCUT2D eigenvalue weighted by Gasteiger charge is 2.28. The second-order valence-corrected chi connectivity index (χ2v) is 3.07. The number of amides is 2. The average Bonchev–Trinajstić information content (AvgIpc) is 2.66. The fraction of sp³-hybridized carbons (Fsp3) is 0.429. The predicted molar refractivity (Wildman–Crippen MR) is 48.5 cm³/mol. The number of carbonyl (C=O) groups is 1. The molecular formula is C7H12N6O. The molecule has 1 saturated heterocycles. The minimum absolute atomic E-state index is 0.146. The number of aromatic amines is 1. The molecule has 7 nitrogen and oxygen atoms in total. The van der Waals surface area contributed by atoms with Crippen LogP contribution in [0.15, 0.2) is 12.4 Å². The van der Waals surface area contributed by atoms with Crippen LogP contribution in [0.4, 0.5) is 4.79 Å². The van der Waals surface area contributed by atoms with Crippen molar-refractivity contribution in [2.24, 2.45) is 0 Å². The fourth-order valence-corrected chi connectivity index (χ4v) is 1.31. The summed E-state index contributed by atoms with van der Waals surface area (Å²) in [6.45, 7) is 0. The summed E-state index contributed by atoms with van der Waals surface area (Å²) in [5.74, 6) is 0.733. The minimum Gasteiger partial charge on any atom is -0.346 e. The number of hydrogen-bond acceptors (Lipinski definition) is 4. The molecule has 3 N–H and O–H groups in total. The van der Waals surface area contributed by atoms with Crippen LogP contribution in [0.3, 0.4) is 0 Å². The molecule has 0 aliphatic carbocycles. The molecule has 1 aliphatic rings. The van der Waals surface area contributed by atoms with E-state index in [1.807, 2.05) is 0 Å². The van der Waals surface area contributed by atoms with E-state index in [9.17, 15) is 4.79 Å². The molecule has 2 heterocycles. The van der Waals surface area contributed by atoms with E-state index in [0.29, 0.717) is 0 Å². The molecular weight excluding hydrogens is 184 g/mol. The second-order valence-electron chi connectivity index (χ2n) is 3.07. The standard InChI is InChI=1S/C7H12N6O/c1-12-7(14)13(2)11-6(10-12)5-8-3-4-9-5/h3-4,6,10-11H,1-2H3,(H,8,9). The first-order valence-electron chi connectivity index (χ1n) is 4.21. The van der Waals surface area contributed by atoms with E-state index in [4.69, 9.17) is 0 Å². The number of imidazole rings is 1. The smallest absolute Gasteiger partial charge is 0.346 e. The molecule has 1 aliphatic heterocycles. The molecule has 0 spiro atoms. The highest BCUT2D eigenvalue weighted by molar-refractivity contribution is 5.73. The second kappa shape index (κ2) is 3.28. The summed E-state index contributed by atoms with van der Waals surface area (Å²) in [4.78, 5) is 18.4. The van der Waals surface area contributed by atoms with Crippen LogP contribution < -0.4 is 10.9 Å². The third kappa shape index (κ3) is 1.42. The maximum absolute atomic E-state index is 11.3. The number of urea groups is 1. The van der Waals surface area contributed by atoms with E-state index in [1.165, 1.54) is 10.0 Å². The third-order valence-electron chi connectivity index (χ3n) is 2.01. The molecule has 1 aromatic rings. The number of hydrazine groups is 2. The molecule has 2 rings (SSSR count). The van der Waals surface area contributed by atoms with Gasteiger partial charge in [0.2, 0.25) is 0 Å². The Balaban J connectivity index is 2.13. The SMILES string of the molecule is CN1NC(c2ncc[nH]2)NN(C)C1=O. The summed E-state index contributed by atoms with van der Waals surface area (Å²) in [5, 5.41) is 2.81. The van der Waals surface area contributed by atoms with E-state index < -0.39 is 0 Å². The number of H-pyrrole nitrogens is 1. The molecule has 0 radical (unpaired) electrons. The van der Waals surface area contributed by atoms with Gasteiger partial charge < -0.3 is 4.98 Å². The van der Waals surface area contributed by atoms with Crippen LogP contribution in [0.1, 0.15) is 12.0 Å². The Hall–Kier alpha value is -1.60. The first kappa shape index (κ1) is 8.97. The van der Waals surface area contributed by atoms with Crippen molar-refractivity contribution >= 4 is 6.03 Å². The highest BCUT2D eigenvalue weighted by atomic mass is 16.2. The van der Waals surface area contributed by atoms with Gasteiger partial charge in [0, 0.05) is 26.5 Å². The normalized spacial score (nSPS) is 19.1. The van der Waals surface area contributed by atoms with Gasteiger partial charge in [-0.1, -0.05) is 0 Å². The molecule has 0 saturated carbocycles. The lowest BCUT2D eigenvalue weighted by molar-refractivity contribution is 0.0553. The molecule has 0 unspecified atom stereocenters. The Bertz CT molecular complexity index is 309. The van der Waals surface area contributed by atoms with Gasteiger partial charge in [-0.15, -0.1) is 0 Å². The Labute approximate surface area is 81.0 Å². The lowest BCUT2D eigenvalue weighted by atomic mass is 10.5. The van der Waals surface area contributed by atoms with Crippen molar-refractivity contribution in [3.63, 3.8) is 0 Å². The summed E-state index contributed by atoms with van der Waals surface area (Å²) in [5.41, 5.74) is 5.87. The van der Waals surface area contributed by atoms with E-state index in [-0.39, 0.29) is 12.2 Å². The lowest BCUT2D eigenvalue weighted by Crippen LogP contribution is -2.62. The van der Waals surface area contributed by atoms with Gasteiger partial charge in [0.15, 0.2) is 6.17 Å². The fourth-order valence-electron chi connectivity index (χ4n) is 1.31. The molecule has 7 heteroatoms. The summed E-state index contributed by atoms with van der Waals surface area (Å²) in [7, 11) is 3.32. The van der Waals surface area contributed by atoms with Crippen LogP contribution in [-0.4, -0.2) is 40.1 Å². The van der Waals surface area contributed by atoms with Crippen molar-refractivity contribution in [1.82, 2.24) is 30.8 Å². The molecule has 1 fully saturated rings. The Morgan fingerprint density at radius 2 is 2.00 bits per heavy atom. The number of carbonyl (C=O) groups excluding carboxylic acids is 1. The van der Waals surface area contributed by atoms with Crippen molar-refractivity contribution in [3.8, 4) is 0 Å². The van der Waals surface area contributed by atoms with Gasteiger partial charge in [-0.2, -0.15) is 0 Å². The quantitative estimate of drug-likeness (QED) is 0.561. The molecule has 76 valence electrons. The molecule has 0 atom stereocenters. The van der Waals surface area contributed by atoms with Crippen molar-refractivity contribution < 1.29 is 4.79 Å². The zero-order valence-electron chi connectivity index (χ0n) is 7.98. The Morgan fingerprint density at radius 3 is 2.50 bits per heavy atom. The van der Waals surface area contributed by atoms with E-state index in [2.05, 4.69) is 20.8 Å². The number of aromatic nitrogens is 2. The van der Waals surface area contributed by atoms with Crippen LogP contribution in [0.2, 0.25) is 0 Å². The number of nitrogens with zero attached hydrogens (tertiary/aromatic N) is 3. The molecule has 2 amide bonds. The minimum atomic E-state index is -0.210. The van der Waals surface area contributed by atoms with Crippen molar-refractivity contribution in [2.75, 3.05) is 14.1 Å². The zero-order valence-corrected chi connectivity index (χ0v) is 7.98. The van der Waals surface area contributed by atoms with Gasteiger partial charge in [-0.05, 0) is 0 Å². The van der Waals surface area contributed by atoms with Gasteiger partial charge in [-0.3, -0.25) is 10.0 Å². The van der Waals surface area contributed by atoms with Crippen molar-refractivity contribution in [2.45, 2.75) is 6.17 Å². The van der Waals surface area contributed by atoms with Crippen molar-refractivity contribution in [3.05, 3.63) is 18.2 Å². The van der Waals surface area contributed by atoms with Crippen LogP contribution >= 0.6 is 0 Å². The third-order valence-corrected chi connectivity index (χ3v) is 2.01. The van der Waals surface area contributed by atoms with Gasteiger partial charge >= 0.3 is 6.03 Å². The van der Waals surface area contributed by atoms with Crippen molar-refractivity contribution in [1.29, 1.82) is 0 Å². The van der Waals surface area contributed by atoms with Crippen LogP contribution in [0, 0.1) is 0 Å². The molecule has 0 aromatic carbocycles. The highest BCUT2D eigenvalue weighted by Crippen LogP contribution is 2.09. The average molecular weight is 196 g/mol. The number of hydrogen-bond donors (Lipinski definition) is 3. The van der Waals surface area contributed by atoms with Gasteiger partial charge in [-0.25, -0.2) is 20.6 Å². The van der Waals surface area contributed by atoms with E-state index >= 15 is 0 Å². The monoisotopic (exact) mass is 196 g/mol. The summed E-state index contributed by atoms with van der Waals surface area (Å²) in [6.07, 6.45) is 3.18. The van der Waals surface area contributed by atoms with Gasteiger partial charge in [0.05, 0.1) is 0 Å². The summed E-state index contributed by atoms with van der Waals surface area (Å²) < 4.78 is 0. The van der Waals surface area contributed by atoms with Crippen LogP contribution in [-0.2, 0) is 0 Å². The maximum Gasteiger partial charge on any atom is 0.348 e. The van der Waals surface area contributed by atoms with E-state index in [1.54, 1.807) is 26.5 Å². The predicted octanol–water partition coefficient (Wildman–Crippen LogP) is -0.585. The zero-order chi connectivity index (χ0) is 10.1. The van der Waals surface area contributed by atoms with Gasteiger partial charge in [0.1, 0.15) is 5.82 Å². The Kier molecular flexibility index (Phi) is 2.10. The molecule has 1 aromatic heterocycles. The maximum atomic E-state index is 11.3. The first-order valence-corrected chi connectivity index (χ1v) is 4.21. The summed E-state index contributed by atoms with van der Waals surface area (Å²) >= 11 is 0.